The van der Waals surface area contributed by atoms with Crippen molar-refractivity contribution in [1.82, 2.24) is 5.32 Å². The first kappa shape index (κ1) is 28.9. The summed E-state index contributed by atoms with van der Waals surface area (Å²) in [7, 11) is -1.39. The molecule has 0 heterocycles. The molecule has 0 atom stereocenters. The Bertz CT molecular complexity index is 1180. The number of allylic oxidation sites excluding steroid dienone is 2. The molecule has 2 rings (SSSR count). The number of carbonyl (C=O) groups is 2. The van der Waals surface area contributed by atoms with E-state index in [0.29, 0.717) is 24.6 Å². The molecule has 0 fully saturated rings. The summed E-state index contributed by atoms with van der Waals surface area (Å²) in [4.78, 5) is 25.0. The number of esters is 1. The number of methoxy groups -OCH3 is 1. The van der Waals surface area contributed by atoms with Gasteiger partial charge in [0.25, 0.3) is 10.2 Å². The molecule has 196 valence electrons. The smallest absolute Gasteiger partial charge is 0.345 e. The van der Waals surface area contributed by atoms with Crippen LogP contribution in [0.4, 0.5) is 5.69 Å². The maximum atomic E-state index is 12.8. The molecule has 3 N–H and O–H groups in total. The number of para-hydroxylation sites is 1. The van der Waals surface area contributed by atoms with E-state index in [-0.39, 0.29) is 22.9 Å². The summed E-state index contributed by atoms with van der Waals surface area (Å²) in [6, 6.07) is 11.0. The number of benzene rings is 2. The predicted octanol–water partition coefficient (Wildman–Crippen LogP) is 3.94. The summed E-state index contributed by atoms with van der Waals surface area (Å²) in [5, 5.41) is 8.08. The second-order valence-electron chi connectivity index (χ2n) is 8.60. The summed E-state index contributed by atoms with van der Waals surface area (Å²) < 4.78 is 35.1. The molecule has 0 aromatic heterocycles. The van der Waals surface area contributed by atoms with Crippen molar-refractivity contribution in [3.8, 4) is 11.5 Å². The average Bonchev–Trinajstić information content (AvgIpc) is 2.84. The van der Waals surface area contributed by atoms with Crippen LogP contribution in [0.1, 0.15) is 55.5 Å². The quantitative estimate of drug-likeness (QED) is 0.179. The first-order valence-electron chi connectivity index (χ1n) is 11.7. The molecule has 0 unspecified atom stereocenters. The maximum absolute atomic E-state index is 12.8. The minimum absolute atomic E-state index is 0.0205. The van der Waals surface area contributed by atoms with Crippen molar-refractivity contribution < 1.29 is 27.5 Å². The van der Waals surface area contributed by atoms with Crippen LogP contribution in [-0.2, 0) is 21.5 Å². The van der Waals surface area contributed by atoms with Crippen LogP contribution in [0.2, 0.25) is 0 Å². The number of nitrogens with zero attached hydrogens (tertiary/aromatic N) is 1. The highest BCUT2D eigenvalue weighted by molar-refractivity contribution is 7.90. The number of amides is 1. The van der Waals surface area contributed by atoms with E-state index in [0.717, 1.165) is 29.1 Å². The Morgan fingerprint density at radius 1 is 1.11 bits per heavy atom. The predicted molar refractivity (Wildman–Crippen MR) is 140 cm³/mol. The Kier molecular flexibility index (Phi) is 10.9. The highest BCUT2D eigenvalue weighted by Gasteiger charge is 2.22. The molecule has 1 amide bonds. The number of ether oxygens (including phenoxy) is 2. The molecule has 2 aromatic rings. The van der Waals surface area contributed by atoms with Gasteiger partial charge in [0.15, 0.2) is 11.5 Å². The standard InChI is InChI=1S/C26H35N3O6S/c1-19(2)11-7-5-6-8-14-25(30)28-18-20-15-16-23(24(17-20)34-4)35-26(31)21-12-9-10-13-22(21)29(3)36(27,32)33/h7,9-13,15-17,19H,5-6,8,14,18H2,1-4H3,(H,28,30)(H2,27,32,33)/b11-7+. The van der Waals surface area contributed by atoms with Crippen molar-refractivity contribution in [2.24, 2.45) is 11.1 Å². The van der Waals surface area contributed by atoms with Crippen molar-refractivity contribution >= 4 is 27.8 Å². The van der Waals surface area contributed by atoms with Crippen LogP contribution in [0.15, 0.2) is 54.6 Å². The molecule has 0 saturated heterocycles. The van der Waals surface area contributed by atoms with Crippen LogP contribution in [-0.4, -0.2) is 34.5 Å². The minimum Gasteiger partial charge on any atom is -0.493 e. The molecule has 0 bridgehead atoms. The Balaban J connectivity index is 1.99. The molecule has 0 spiro atoms. The lowest BCUT2D eigenvalue weighted by molar-refractivity contribution is -0.121. The molecule has 9 nitrogen and oxygen atoms in total. The van der Waals surface area contributed by atoms with E-state index < -0.39 is 16.2 Å². The van der Waals surface area contributed by atoms with Gasteiger partial charge < -0.3 is 14.8 Å². The zero-order chi connectivity index (χ0) is 26.7. The van der Waals surface area contributed by atoms with Gasteiger partial charge in [-0.1, -0.05) is 44.2 Å². The fourth-order valence-corrected chi connectivity index (χ4v) is 3.76. The van der Waals surface area contributed by atoms with Gasteiger partial charge in [0.1, 0.15) is 0 Å². The number of unbranched alkanes of at least 4 members (excludes halogenated alkanes) is 2. The van der Waals surface area contributed by atoms with Crippen LogP contribution in [0.3, 0.4) is 0 Å². The third-order valence-corrected chi connectivity index (χ3v) is 6.27. The Labute approximate surface area is 213 Å². The normalized spacial score (nSPS) is 11.5. The van der Waals surface area contributed by atoms with Gasteiger partial charge >= 0.3 is 5.97 Å². The van der Waals surface area contributed by atoms with Crippen molar-refractivity contribution in [2.75, 3.05) is 18.5 Å². The zero-order valence-electron chi connectivity index (χ0n) is 21.2. The van der Waals surface area contributed by atoms with Crippen molar-refractivity contribution in [3.05, 3.63) is 65.7 Å². The third-order valence-electron chi connectivity index (χ3n) is 5.31. The van der Waals surface area contributed by atoms with E-state index in [1.165, 1.54) is 26.3 Å². The van der Waals surface area contributed by atoms with E-state index in [4.69, 9.17) is 14.6 Å². The van der Waals surface area contributed by atoms with E-state index >= 15 is 0 Å². The monoisotopic (exact) mass is 517 g/mol. The maximum Gasteiger partial charge on any atom is 0.345 e. The lowest BCUT2D eigenvalue weighted by Crippen LogP contribution is -2.34. The summed E-state index contributed by atoms with van der Waals surface area (Å²) in [5.74, 6) is 0.175. The first-order chi connectivity index (χ1) is 17.0. The Morgan fingerprint density at radius 2 is 1.83 bits per heavy atom. The van der Waals surface area contributed by atoms with Gasteiger partial charge in [-0.3, -0.25) is 9.10 Å². The molecule has 0 aliphatic carbocycles. The molecule has 0 aliphatic heterocycles. The zero-order valence-corrected chi connectivity index (χ0v) is 22.0. The third kappa shape index (κ3) is 9.01. The molecular formula is C26H35N3O6S. The summed E-state index contributed by atoms with van der Waals surface area (Å²) in [6.07, 6.45) is 7.51. The van der Waals surface area contributed by atoms with Crippen molar-refractivity contribution in [3.63, 3.8) is 0 Å². The summed E-state index contributed by atoms with van der Waals surface area (Å²) >= 11 is 0. The first-order valence-corrected chi connectivity index (χ1v) is 13.2. The number of hydrogen-bond donors (Lipinski definition) is 2. The van der Waals surface area contributed by atoms with Crippen LogP contribution >= 0.6 is 0 Å². The molecule has 0 saturated carbocycles. The summed E-state index contributed by atoms with van der Waals surface area (Å²) in [6.45, 7) is 4.56. The molecule has 36 heavy (non-hydrogen) atoms. The average molecular weight is 518 g/mol. The van der Waals surface area contributed by atoms with Gasteiger partial charge in [0.05, 0.1) is 18.4 Å². The van der Waals surface area contributed by atoms with Gasteiger partial charge in [-0.25, -0.2) is 9.93 Å². The highest BCUT2D eigenvalue weighted by atomic mass is 32.2. The lowest BCUT2D eigenvalue weighted by atomic mass is 10.1. The summed E-state index contributed by atoms with van der Waals surface area (Å²) in [5.41, 5.74) is 0.876. The largest absolute Gasteiger partial charge is 0.493 e. The van der Waals surface area contributed by atoms with E-state index in [1.807, 2.05) is 0 Å². The minimum atomic E-state index is -4.07. The molecule has 0 aliphatic rings. The molecule has 0 radical (unpaired) electrons. The number of anilines is 1. The van der Waals surface area contributed by atoms with Gasteiger partial charge in [-0.2, -0.15) is 8.42 Å². The van der Waals surface area contributed by atoms with Crippen LogP contribution in [0, 0.1) is 5.92 Å². The Hall–Kier alpha value is -3.37. The SMILES string of the molecule is COc1cc(CNC(=O)CCCC/C=C/C(C)C)ccc1OC(=O)c1ccccc1N(C)S(N)(=O)=O. The number of rotatable bonds is 13. The molecular weight excluding hydrogens is 482 g/mol. The van der Waals surface area contributed by atoms with Gasteiger partial charge in [-0.15, -0.1) is 0 Å². The molecule has 10 heteroatoms. The van der Waals surface area contributed by atoms with E-state index in [9.17, 15) is 18.0 Å². The fourth-order valence-electron chi connectivity index (χ4n) is 3.32. The second-order valence-corrected chi connectivity index (χ2v) is 10.2. The van der Waals surface area contributed by atoms with Crippen molar-refractivity contribution in [2.45, 2.75) is 46.1 Å². The van der Waals surface area contributed by atoms with Gasteiger partial charge in [0.2, 0.25) is 5.91 Å². The number of nitrogens with two attached hydrogens (primary N) is 1. The van der Waals surface area contributed by atoms with Crippen LogP contribution in [0.5, 0.6) is 11.5 Å². The topological polar surface area (TPSA) is 128 Å². The van der Waals surface area contributed by atoms with Gasteiger partial charge in [0, 0.05) is 20.0 Å². The lowest BCUT2D eigenvalue weighted by Gasteiger charge is -2.19. The Morgan fingerprint density at radius 3 is 2.50 bits per heavy atom. The van der Waals surface area contributed by atoms with E-state index in [2.05, 4.69) is 31.3 Å². The number of carbonyl (C=O) groups excluding carboxylic acids is 2. The van der Waals surface area contributed by atoms with E-state index in [1.54, 1.807) is 30.3 Å². The second kappa shape index (κ2) is 13.6. The fraction of sp³-hybridized carbons (Fsp3) is 0.385. The number of nitrogens with one attached hydrogen (secondary N) is 1. The van der Waals surface area contributed by atoms with Gasteiger partial charge in [-0.05, 0) is 55.0 Å². The van der Waals surface area contributed by atoms with Crippen molar-refractivity contribution in [1.29, 1.82) is 0 Å². The number of hydrogen-bond acceptors (Lipinski definition) is 6. The highest BCUT2D eigenvalue weighted by Crippen LogP contribution is 2.30. The van der Waals surface area contributed by atoms with Crippen LogP contribution < -0.4 is 24.2 Å². The molecule has 2 aromatic carbocycles. The van der Waals surface area contributed by atoms with Crippen LogP contribution in [0.25, 0.3) is 0 Å².